The van der Waals surface area contributed by atoms with Crippen molar-refractivity contribution >= 4 is 11.6 Å². The third kappa shape index (κ3) is 2.69. The van der Waals surface area contributed by atoms with E-state index < -0.39 is 0 Å². The summed E-state index contributed by atoms with van der Waals surface area (Å²) in [5, 5.41) is 3.31. The standard InChI is InChI=1S/C20H30N2O/c1-5-22(11-7-6-8-12-22)20(9-10-20)19(23)21-18-16(3)13-15(2)14-17(18)4/h13-14H,5-12H2,1-4H3/p+1. The molecule has 1 N–H and O–H groups in total. The molecule has 1 aliphatic carbocycles. The second-order valence-corrected chi connectivity index (χ2v) is 7.73. The van der Waals surface area contributed by atoms with Gasteiger partial charge in [-0.15, -0.1) is 0 Å². The molecule has 0 radical (unpaired) electrons. The first-order valence-corrected chi connectivity index (χ1v) is 9.20. The largest absolute Gasteiger partial charge is 0.320 e. The number of rotatable bonds is 4. The van der Waals surface area contributed by atoms with Crippen molar-refractivity contribution in [2.75, 3.05) is 25.0 Å². The van der Waals surface area contributed by atoms with Gasteiger partial charge >= 0.3 is 0 Å². The minimum atomic E-state index is -0.154. The highest BCUT2D eigenvalue weighted by Crippen LogP contribution is 2.49. The molecule has 3 heteroatoms. The fourth-order valence-electron chi connectivity index (χ4n) is 4.81. The number of anilines is 1. The fourth-order valence-corrected chi connectivity index (χ4v) is 4.81. The predicted octanol–water partition coefficient (Wildman–Crippen LogP) is 4.10. The number of piperidine rings is 1. The monoisotopic (exact) mass is 315 g/mol. The van der Waals surface area contributed by atoms with Gasteiger partial charge in [0.05, 0.1) is 19.6 Å². The zero-order valence-corrected chi connectivity index (χ0v) is 15.2. The van der Waals surface area contributed by atoms with Crippen molar-refractivity contribution in [2.45, 2.75) is 65.3 Å². The smallest absolute Gasteiger partial charge is 0.285 e. The van der Waals surface area contributed by atoms with Crippen LogP contribution in [0.1, 0.15) is 55.7 Å². The Balaban J connectivity index is 1.86. The molecule has 1 saturated carbocycles. The van der Waals surface area contributed by atoms with Crippen molar-refractivity contribution in [1.82, 2.24) is 0 Å². The van der Waals surface area contributed by atoms with Crippen molar-refractivity contribution in [3.63, 3.8) is 0 Å². The molecule has 1 aromatic rings. The highest BCUT2D eigenvalue weighted by Gasteiger charge is 2.65. The van der Waals surface area contributed by atoms with Crippen LogP contribution in [0, 0.1) is 20.8 Å². The van der Waals surface area contributed by atoms with E-state index in [4.69, 9.17) is 0 Å². The summed E-state index contributed by atoms with van der Waals surface area (Å²) < 4.78 is 1.02. The quantitative estimate of drug-likeness (QED) is 0.833. The Bertz CT molecular complexity index is 587. The van der Waals surface area contributed by atoms with Crippen molar-refractivity contribution in [3.8, 4) is 0 Å². The van der Waals surface area contributed by atoms with E-state index in [0.717, 1.165) is 29.6 Å². The number of hydrogen-bond acceptors (Lipinski definition) is 1. The highest BCUT2D eigenvalue weighted by atomic mass is 16.2. The summed E-state index contributed by atoms with van der Waals surface area (Å²) >= 11 is 0. The number of hydrogen-bond donors (Lipinski definition) is 1. The lowest BCUT2D eigenvalue weighted by atomic mass is 9.99. The first-order valence-electron chi connectivity index (χ1n) is 9.20. The zero-order valence-electron chi connectivity index (χ0n) is 15.2. The van der Waals surface area contributed by atoms with Crippen molar-refractivity contribution in [2.24, 2.45) is 0 Å². The summed E-state index contributed by atoms with van der Waals surface area (Å²) in [6.07, 6.45) is 5.97. The van der Waals surface area contributed by atoms with E-state index in [1.54, 1.807) is 0 Å². The second kappa shape index (κ2) is 5.94. The van der Waals surface area contributed by atoms with E-state index >= 15 is 0 Å². The maximum atomic E-state index is 13.2. The first kappa shape index (κ1) is 16.5. The van der Waals surface area contributed by atoms with E-state index in [1.165, 1.54) is 49.0 Å². The van der Waals surface area contributed by atoms with Crippen LogP contribution < -0.4 is 5.32 Å². The van der Waals surface area contributed by atoms with Crippen LogP contribution in [0.3, 0.4) is 0 Å². The molecular weight excluding hydrogens is 284 g/mol. The molecule has 0 aromatic heterocycles. The van der Waals surface area contributed by atoms with Crippen LogP contribution in [0.15, 0.2) is 12.1 Å². The molecule has 0 spiro atoms. The molecule has 1 amide bonds. The van der Waals surface area contributed by atoms with Crippen LogP contribution in [0.4, 0.5) is 5.69 Å². The maximum absolute atomic E-state index is 13.2. The van der Waals surface area contributed by atoms with Gasteiger partial charge in [-0.1, -0.05) is 17.7 Å². The molecule has 0 atom stereocenters. The third-order valence-electron chi connectivity index (χ3n) is 6.25. The molecule has 1 saturated heterocycles. The summed E-state index contributed by atoms with van der Waals surface area (Å²) in [6, 6.07) is 4.32. The van der Waals surface area contributed by atoms with Gasteiger partial charge in [-0.25, -0.2) is 0 Å². The van der Waals surface area contributed by atoms with E-state index in [-0.39, 0.29) is 11.4 Å². The molecule has 23 heavy (non-hydrogen) atoms. The topological polar surface area (TPSA) is 29.1 Å². The second-order valence-electron chi connectivity index (χ2n) is 7.73. The minimum absolute atomic E-state index is 0.154. The first-order chi connectivity index (χ1) is 10.9. The van der Waals surface area contributed by atoms with Gasteiger partial charge in [-0.3, -0.25) is 4.79 Å². The third-order valence-corrected chi connectivity index (χ3v) is 6.25. The molecule has 0 unspecified atom stereocenters. The lowest BCUT2D eigenvalue weighted by Gasteiger charge is -2.46. The molecular formula is C20H31N2O+. The van der Waals surface area contributed by atoms with Crippen LogP contribution >= 0.6 is 0 Å². The van der Waals surface area contributed by atoms with Gasteiger partial charge in [-0.05, 0) is 58.1 Å². The summed E-state index contributed by atoms with van der Waals surface area (Å²) in [5.41, 5.74) is 4.48. The Morgan fingerprint density at radius 3 is 2.13 bits per heavy atom. The van der Waals surface area contributed by atoms with E-state index in [0.29, 0.717) is 0 Å². The molecule has 2 aliphatic rings. The molecule has 0 bridgehead atoms. The number of quaternary nitrogens is 1. The summed E-state index contributed by atoms with van der Waals surface area (Å²) in [7, 11) is 0. The maximum Gasteiger partial charge on any atom is 0.285 e. The number of nitrogens with zero attached hydrogens (tertiary/aromatic N) is 1. The van der Waals surface area contributed by atoms with Gasteiger partial charge in [0.25, 0.3) is 5.91 Å². The Hall–Kier alpha value is -1.35. The summed E-state index contributed by atoms with van der Waals surface area (Å²) in [4.78, 5) is 13.2. The van der Waals surface area contributed by atoms with Gasteiger partial charge in [0.15, 0.2) is 5.54 Å². The Labute approximate surface area is 140 Å². The number of carbonyl (C=O) groups excluding carboxylic acids is 1. The van der Waals surface area contributed by atoms with Crippen molar-refractivity contribution in [3.05, 3.63) is 28.8 Å². The van der Waals surface area contributed by atoms with Gasteiger partial charge in [0.2, 0.25) is 0 Å². The lowest BCUT2D eigenvalue weighted by molar-refractivity contribution is -0.955. The van der Waals surface area contributed by atoms with Crippen LogP contribution in [0.25, 0.3) is 0 Å². The van der Waals surface area contributed by atoms with Gasteiger partial charge in [-0.2, -0.15) is 0 Å². The number of carbonyl (C=O) groups is 1. The summed E-state index contributed by atoms with van der Waals surface area (Å²) in [5.74, 6) is 0.260. The number of likely N-dealkylation sites (tertiary alicyclic amines) is 1. The van der Waals surface area contributed by atoms with Crippen LogP contribution in [-0.2, 0) is 4.79 Å². The number of likely N-dealkylation sites (N-methyl/N-ethyl adjacent to an activating group) is 1. The van der Waals surface area contributed by atoms with E-state index in [1.807, 2.05) is 0 Å². The highest BCUT2D eigenvalue weighted by molar-refractivity contribution is 6.00. The minimum Gasteiger partial charge on any atom is -0.320 e. The molecule has 3 nitrogen and oxygen atoms in total. The van der Waals surface area contributed by atoms with E-state index in [9.17, 15) is 4.79 Å². The van der Waals surface area contributed by atoms with Gasteiger partial charge in [0, 0.05) is 18.5 Å². The summed E-state index contributed by atoms with van der Waals surface area (Å²) in [6.45, 7) is 12.0. The Morgan fingerprint density at radius 1 is 1.09 bits per heavy atom. The fraction of sp³-hybridized carbons (Fsp3) is 0.650. The lowest BCUT2D eigenvalue weighted by Crippen LogP contribution is -2.64. The predicted molar refractivity (Wildman–Crippen MR) is 95.6 cm³/mol. The van der Waals surface area contributed by atoms with Gasteiger partial charge in [0.1, 0.15) is 0 Å². The van der Waals surface area contributed by atoms with E-state index in [2.05, 4.69) is 45.1 Å². The van der Waals surface area contributed by atoms with Crippen LogP contribution in [0.2, 0.25) is 0 Å². The number of aryl methyl sites for hydroxylation is 3. The van der Waals surface area contributed by atoms with Crippen molar-refractivity contribution in [1.29, 1.82) is 0 Å². The van der Waals surface area contributed by atoms with Crippen LogP contribution in [-0.4, -0.2) is 35.6 Å². The number of amides is 1. The SMILES string of the molecule is CC[N+]1(C2(C(=O)Nc3c(C)cc(C)cc3C)CC2)CCCCC1. The molecule has 1 heterocycles. The molecule has 126 valence electrons. The molecule has 1 aromatic carbocycles. The van der Waals surface area contributed by atoms with Crippen molar-refractivity contribution < 1.29 is 9.28 Å². The molecule has 3 rings (SSSR count). The number of benzene rings is 1. The average molecular weight is 315 g/mol. The Kier molecular flexibility index (Phi) is 4.26. The Morgan fingerprint density at radius 2 is 1.65 bits per heavy atom. The molecule has 2 fully saturated rings. The van der Waals surface area contributed by atoms with Gasteiger partial charge < -0.3 is 9.80 Å². The normalized spacial score (nSPS) is 21.7. The average Bonchev–Trinajstić information content (AvgIpc) is 3.33. The number of nitrogens with one attached hydrogen (secondary N) is 1. The van der Waals surface area contributed by atoms with Crippen LogP contribution in [0.5, 0.6) is 0 Å². The zero-order chi connectivity index (χ0) is 16.7. The molecule has 1 aliphatic heterocycles.